The highest BCUT2D eigenvalue weighted by Gasteiger charge is 2.18. The van der Waals surface area contributed by atoms with Crippen molar-refractivity contribution >= 4 is 27.0 Å². The summed E-state index contributed by atoms with van der Waals surface area (Å²) in [6.45, 7) is 9.10. The maximum atomic E-state index is 6.39. The van der Waals surface area contributed by atoms with Crippen LogP contribution in [0.3, 0.4) is 0 Å². The Labute approximate surface area is 108 Å². The van der Waals surface area contributed by atoms with Gasteiger partial charge in [0.05, 0.1) is 0 Å². The van der Waals surface area contributed by atoms with Crippen LogP contribution in [0.4, 0.5) is 0 Å². The first-order valence-corrected chi connectivity index (χ1v) is 7.69. The van der Waals surface area contributed by atoms with E-state index < -0.39 is 0 Å². The van der Waals surface area contributed by atoms with Crippen molar-refractivity contribution in [2.75, 3.05) is 0 Å². The van der Waals surface area contributed by atoms with E-state index >= 15 is 0 Å². The summed E-state index contributed by atoms with van der Waals surface area (Å²) in [5, 5.41) is 2.48. The summed E-state index contributed by atoms with van der Waals surface area (Å²) in [5.41, 5.74) is 2.95. The molecular formula is C14H23ClSi. The number of hydrogen-bond acceptors (Lipinski definition) is 0. The zero-order valence-corrected chi connectivity index (χ0v) is 13.9. The third-order valence-corrected chi connectivity index (χ3v) is 4.86. The monoisotopic (exact) mass is 254 g/mol. The summed E-state index contributed by atoms with van der Waals surface area (Å²) < 4.78 is 0. The quantitative estimate of drug-likeness (QED) is 0.723. The van der Waals surface area contributed by atoms with Gasteiger partial charge < -0.3 is 0 Å². The molecule has 0 nitrogen and oxygen atoms in total. The third-order valence-electron chi connectivity index (χ3n) is 3.66. The molecule has 0 radical (unpaired) electrons. The van der Waals surface area contributed by atoms with Crippen molar-refractivity contribution < 1.29 is 0 Å². The molecule has 0 heterocycles. The minimum absolute atomic E-state index is 0.574. The Bertz CT molecular complexity index is 325. The van der Waals surface area contributed by atoms with E-state index in [2.05, 4.69) is 39.8 Å². The van der Waals surface area contributed by atoms with Gasteiger partial charge in [0, 0.05) is 15.3 Å². The first-order chi connectivity index (χ1) is 7.52. The molecule has 2 unspecified atom stereocenters. The number of hydrogen-bond donors (Lipinski definition) is 0. The third kappa shape index (κ3) is 2.69. The molecule has 1 aromatic rings. The predicted octanol–water partition coefficient (Wildman–Crippen LogP) is 3.36. The summed E-state index contributed by atoms with van der Waals surface area (Å²) in [5.74, 6) is 1.21. The van der Waals surface area contributed by atoms with Crippen LogP contribution in [-0.4, -0.2) is 10.2 Å². The zero-order chi connectivity index (χ0) is 12.3. The molecule has 0 spiro atoms. The lowest BCUT2D eigenvalue weighted by Gasteiger charge is -2.23. The molecule has 16 heavy (non-hydrogen) atoms. The lowest BCUT2D eigenvalue weighted by atomic mass is 9.86. The Balaban J connectivity index is 3.36. The van der Waals surface area contributed by atoms with Crippen LogP contribution in [0.2, 0.25) is 5.02 Å². The molecule has 0 fully saturated rings. The fraction of sp³-hybridized carbons (Fsp3) is 0.571. The molecule has 0 aliphatic carbocycles. The van der Waals surface area contributed by atoms with Crippen molar-refractivity contribution in [3.63, 3.8) is 0 Å². The highest BCUT2D eigenvalue weighted by atomic mass is 35.5. The molecule has 0 N–H and O–H groups in total. The van der Waals surface area contributed by atoms with Gasteiger partial charge >= 0.3 is 0 Å². The first kappa shape index (κ1) is 13.8. The van der Waals surface area contributed by atoms with Crippen LogP contribution in [0.15, 0.2) is 12.1 Å². The van der Waals surface area contributed by atoms with Crippen LogP contribution in [0.25, 0.3) is 0 Å². The maximum absolute atomic E-state index is 6.39. The Hall–Kier alpha value is -0.273. The van der Waals surface area contributed by atoms with Crippen molar-refractivity contribution in [2.45, 2.75) is 52.4 Å². The first-order valence-electron chi connectivity index (χ1n) is 6.31. The van der Waals surface area contributed by atoms with Gasteiger partial charge in [0.1, 0.15) is 0 Å². The molecule has 0 aromatic heterocycles. The van der Waals surface area contributed by atoms with E-state index in [0.717, 1.165) is 21.7 Å². The lowest BCUT2D eigenvalue weighted by molar-refractivity contribution is 0.680. The van der Waals surface area contributed by atoms with Gasteiger partial charge in [-0.05, 0) is 41.9 Å². The smallest absolute Gasteiger partial charge is 0.0443 e. The summed E-state index contributed by atoms with van der Waals surface area (Å²) in [6, 6.07) is 4.29. The van der Waals surface area contributed by atoms with Crippen molar-refractivity contribution in [2.24, 2.45) is 0 Å². The minimum atomic E-state index is 0.574. The predicted molar refractivity (Wildman–Crippen MR) is 78.4 cm³/mol. The van der Waals surface area contributed by atoms with E-state index in [1.54, 1.807) is 0 Å². The summed E-state index contributed by atoms with van der Waals surface area (Å²) in [4.78, 5) is 0. The van der Waals surface area contributed by atoms with Crippen LogP contribution < -0.4 is 5.19 Å². The van der Waals surface area contributed by atoms with E-state index in [9.17, 15) is 0 Å². The molecule has 2 atom stereocenters. The SMILES string of the molecule is CCC(C)c1c([SiH3])ccc(Cl)c1C(C)CC. The summed E-state index contributed by atoms with van der Waals surface area (Å²) in [6.07, 6.45) is 2.35. The van der Waals surface area contributed by atoms with Crippen molar-refractivity contribution in [1.29, 1.82) is 0 Å². The van der Waals surface area contributed by atoms with Crippen LogP contribution >= 0.6 is 11.6 Å². The van der Waals surface area contributed by atoms with E-state index in [0.29, 0.717) is 11.8 Å². The Morgan fingerprint density at radius 1 is 1.06 bits per heavy atom. The maximum Gasteiger partial charge on any atom is 0.0443 e. The minimum Gasteiger partial charge on any atom is -0.0840 e. The molecule has 0 saturated carbocycles. The molecule has 90 valence electrons. The second-order valence-electron chi connectivity index (χ2n) is 4.81. The van der Waals surface area contributed by atoms with Crippen LogP contribution in [0.5, 0.6) is 0 Å². The summed E-state index contributed by atoms with van der Waals surface area (Å²) in [7, 11) is 1.11. The van der Waals surface area contributed by atoms with Crippen molar-refractivity contribution in [1.82, 2.24) is 0 Å². The number of rotatable bonds is 4. The van der Waals surface area contributed by atoms with E-state index in [1.165, 1.54) is 22.7 Å². The highest BCUT2D eigenvalue weighted by Crippen LogP contribution is 2.33. The molecule has 0 aliphatic rings. The standard InChI is InChI=1S/C14H23ClSi/c1-5-9(3)13-11(15)7-8-12(16)14(13)10(4)6-2/h7-10H,5-6H2,1-4,16H3. The molecule has 0 aliphatic heterocycles. The van der Waals surface area contributed by atoms with Gasteiger partial charge in [-0.15, -0.1) is 0 Å². The van der Waals surface area contributed by atoms with Gasteiger partial charge in [0.2, 0.25) is 0 Å². The van der Waals surface area contributed by atoms with Gasteiger partial charge in [-0.1, -0.05) is 50.5 Å². The van der Waals surface area contributed by atoms with Gasteiger partial charge in [-0.25, -0.2) is 0 Å². The Morgan fingerprint density at radius 2 is 1.56 bits per heavy atom. The zero-order valence-electron chi connectivity index (χ0n) is 11.1. The Kier molecular flexibility index (Phi) is 5.07. The molecule has 1 aromatic carbocycles. The fourth-order valence-corrected chi connectivity index (χ4v) is 3.56. The molecule has 0 saturated heterocycles. The van der Waals surface area contributed by atoms with Crippen molar-refractivity contribution in [3.05, 3.63) is 28.3 Å². The molecule has 0 bridgehead atoms. The van der Waals surface area contributed by atoms with Crippen LogP contribution in [0.1, 0.15) is 63.5 Å². The van der Waals surface area contributed by atoms with Gasteiger partial charge in [0.15, 0.2) is 0 Å². The Morgan fingerprint density at radius 3 is 2.06 bits per heavy atom. The average Bonchev–Trinajstić information content (AvgIpc) is 2.29. The second-order valence-corrected chi connectivity index (χ2v) is 6.29. The largest absolute Gasteiger partial charge is 0.0840 e. The van der Waals surface area contributed by atoms with Gasteiger partial charge in [0.25, 0.3) is 0 Å². The molecular weight excluding hydrogens is 232 g/mol. The topological polar surface area (TPSA) is 0 Å². The lowest BCUT2D eigenvalue weighted by Crippen LogP contribution is -2.17. The second kappa shape index (κ2) is 5.88. The van der Waals surface area contributed by atoms with E-state index in [1.807, 2.05) is 0 Å². The van der Waals surface area contributed by atoms with E-state index in [4.69, 9.17) is 11.6 Å². The fourth-order valence-electron chi connectivity index (χ4n) is 2.28. The van der Waals surface area contributed by atoms with Crippen LogP contribution in [0, 0.1) is 0 Å². The summed E-state index contributed by atoms with van der Waals surface area (Å²) >= 11 is 6.39. The van der Waals surface area contributed by atoms with Gasteiger partial charge in [-0.2, -0.15) is 0 Å². The molecule has 2 heteroatoms. The number of halogens is 1. The van der Waals surface area contributed by atoms with Crippen molar-refractivity contribution in [3.8, 4) is 0 Å². The molecule has 0 amide bonds. The van der Waals surface area contributed by atoms with Gasteiger partial charge in [-0.3, -0.25) is 0 Å². The highest BCUT2D eigenvalue weighted by molar-refractivity contribution is 6.36. The normalized spacial score (nSPS) is 15.1. The molecule has 1 rings (SSSR count). The number of benzene rings is 1. The van der Waals surface area contributed by atoms with Crippen LogP contribution in [-0.2, 0) is 0 Å². The average molecular weight is 255 g/mol. The van der Waals surface area contributed by atoms with E-state index in [-0.39, 0.29) is 0 Å².